The maximum Gasteiger partial charge on any atom is 0.186 e. The molecule has 88 valence electrons. The Labute approximate surface area is 100 Å². The molecule has 1 N–H and O–H groups in total. The molecular formula is C12H18N2OS. The lowest BCUT2D eigenvalue weighted by Crippen LogP contribution is -2.46. The number of Topliss-reactive ketones (excluding diaryl/α,β-unsaturated/α-hetero) is 1. The number of hydrogen-bond donors (Lipinski definition) is 1. The van der Waals surface area contributed by atoms with Crippen LogP contribution in [0.2, 0.25) is 0 Å². The van der Waals surface area contributed by atoms with E-state index in [1.54, 1.807) is 0 Å². The maximum absolute atomic E-state index is 11.9. The van der Waals surface area contributed by atoms with E-state index in [2.05, 4.69) is 10.2 Å². The van der Waals surface area contributed by atoms with Gasteiger partial charge in [0.25, 0.3) is 0 Å². The number of likely N-dealkylation sites (N-methyl/N-ethyl adjacent to an activating group) is 1. The summed E-state index contributed by atoms with van der Waals surface area (Å²) in [5.74, 6) is 0.256. The molecule has 0 bridgehead atoms. The Morgan fingerprint density at radius 1 is 1.69 bits per heavy atom. The van der Waals surface area contributed by atoms with Gasteiger partial charge in [-0.1, -0.05) is 6.07 Å². The van der Waals surface area contributed by atoms with Crippen molar-refractivity contribution in [1.29, 1.82) is 0 Å². The van der Waals surface area contributed by atoms with E-state index in [1.165, 1.54) is 24.2 Å². The molecule has 0 aromatic carbocycles. The monoisotopic (exact) mass is 238 g/mol. The molecule has 0 saturated carbocycles. The summed E-state index contributed by atoms with van der Waals surface area (Å²) in [7, 11) is 2.00. The Kier molecular flexibility index (Phi) is 4.09. The molecule has 1 aliphatic heterocycles. The number of piperidine rings is 1. The van der Waals surface area contributed by atoms with E-state index in [0.717, 1.165) is 18.0 Å². The van der Waals surface area contributed by atoms with Gasteiger partial charge in [0.1, 0.15) is 0 Å². The van der Waals surface area contributed by atoms with Gasteiger partial charge in [0.2, 0.25) is 0 Å². The summed E-state index contributed by atoms with van der Waals surface area (Å²) >= 11 is 1.53. The van der Waals surface area contributed by atoms with Crippen molar-refractivity contribution in [3.05, 3.63) is 22.4 Å². The summed E-state index contributed by atoms with van der Waals surface area (Å²) in [6.07, 6.45) is 2.41. The second-order valence-corrected chi connectivity index (χ2v) is 5.21. The van der Waals surface area contributed by atoms with E-state index >= 15 is 0 Å². The zero-order valence-electron chi connectivity index (χ0n) is 9.61. The number of nitrogens with one attached hydrogen (secondary N) is 1. The fraction of sp³-hybridized carbons (Fsp3) is 0.583. The van der Waals surface area contributed by atoms with E-state index < -0.39 is 0 Å². The first-order valence-corrected chi connectivity index (χ1v) is 6.64. The molecule has 0 amide bonds. The molecule has 16 heavy (non-hydrogen) atoms. The number of rotatable bonds is 4. The van der Waals surface area contributed by atoms with Gasteiger partial charge in [-0.05, 0) is 37.9 Å². The number of likely N-dealkylation sites (tertiary alicyclic amines) is 1. The Bertz CT molecular complexity index is 337. The van der Waals surface area contributed by atoms with Crippen LogP contribution in [0.15, 0.2) is 17.5 Å². The van der Waals surface area contributed by atoms with E-state index in [4.69, 9.17) is 0 Å². The summed E-state index contributed by atoms with van der Waals surface area (Å²) in [5.41, 5.74) is 0. The molecule has 0 unspecified atom stereocenters. The van der Waals surface area contributed by atoms with Crippen molar-refractivity contribution in [1.82, 2.24) is 10.2 Å². The molecule has 1 aromatic rings. The van der Waals surface area contributed by atoms with Crippen molar-refractivity contribution in [2.24, 2.45) is 0 Å². The number of carbonyl (C=O) groups excluding carboxylic acids is 1. The van der Waals surface area contributed by atoms with Crippen LogP contribution in [0.5, 0.6) is 0 Å². The zero-order chi connectivity index (χ0) is 11.4. The quantitative estimate of drug-likeness (QED) is 0.809. The maximum atomic E-state index is 11.9. The normalized spacial score (nSPS) is 22.2. The molecule has 1 aromatic heterocycles. The third-order valence-corrected chi connectivity index (χ3v) is 3.99. The minimum absolute atomic E-state index is 0.256. The van der Waals surface area contributed by atoms with Crippen LogP contribution in [0.4, 0.5) is 0 Å². The van der Waals surface area contributed by atoms with Gasteiger partial charge in [0.15, 0.2) is 5.78 Å². The van der Waals surface area contributed by atoms with Gasteiger partial charge in [-0.15, -0.1) is 11.3 Å². The lowest BCUT2D eigenvalue weighted by Gasteiger charge is -2.31. The zero-order valence-corrected chi connectivity index (χ0v) is 10.4. The van der Waals surface area contributed by atoms with Crippen molar-refractivity contribution >= 4 is 17.1 Å². The Hall–Kier alpha value is -0.710. The average Bonchev–Trinajstić information content (AvgIpc) is 2.83. The van der Waals surface area contributed by atoms with Crippen LogP contribution in [0.1, 0.15) is 22.5 Å². The predicted molar refractivity (Wildman–Crippen MR) is 67.2 cm³/mol. The fourth-order valence-electron chi connectivity index (χ4n) is 2.15. The second kappa shape index (κ2) is 5.57. The van der Waals surface area contributed by atoms with Gasteiger partial charge in [-0.25, -0.2) is 0 Å². The highest BCUT2D eigenvalue weighted by Crippen LogP contribution is 2.13. The van der Waals surface area contributed by atoms with Gasteiger partial charge < -0.3 is 5.32 Å². The summed E-state index contributed by atoms with van der Waals surface area (Å²) in [6, 6.07) is 4.39. The van der Waals surface area contributed by atoms with Crippen molar-refractivity contribution < 1.29 is 4.79 Å². The third-order valence-electron chi connectivity index (χ3n) is 3.08. The standard InChI is InChI=1S/C12H18N2OS/c1-13-10-4-2-6-14(8-10)9-11(15)12-5-3-7-16-12/h3,5,7,10,13H,2,4,6,8-9H2,1H3/t10-/m1/s1. The molecule has 1 saturated heterocycles. The van der Waals surface area contributed by atoms with Crippen LogP contribution >= 0.6 is 11.3 Å². The number of ketones is 1. The molecule has 1 atom stereocenters. The second-order valence-electron chi connectivity index (χ2n) is 4.26. The Balaban J connectivity index is 1.87. The van der Waals surface area contributed by atoms with Gasteiger partial charge in [-0.3, -0.25) is 9.69 Å². The van der Waals surface area contributed by atoms with Crippen molar-refractivity contribution in [3.63, 3.8) is 0 Å². The minimum Gasteiger partial charge on any atom is -0.316 e. The lowest BCUT2D eigenvalue weighted by molar-refractivity contribution is 0.0906. The molecule has 0 spiro atoms. The lowest BCUT2D eigenvalue weighted by atomic mass is 10.1. The van der Waals surface area contributed by atoms with E-state index in [9.17, 15) is 4.79 Å². The molecular weight excluding hydrogens is 220 g/mol. The topological polar surface area (TPSA) is 32.3 Å². The van der Waals surface area contributed by atoms with E-state index in [-0.39, 0.29) is 5.78 Å². The summed E-state index contributed by atoms with van der Waals surface area (Å²) in [5, 5.41) is 5.25. The van der Waals surface area contributed by atoms with Crippen LogP contribution < -0.4 is 5.32 Å². The molecule has 3 nitrogen and oxygen atoms in total. The average molecular weight is 238 g/mol. The van der Waals surface area contributed by atoms with Crippen LogP contribution in [0.3, 0.4) is 0 Å². The SMILES string of the molecule is CN[C@@H]1CCCN(CC(=O)c2cccs2)C1. The number of hydrogen-bond acceptors (Lipinski definition) is 4. The molecule has 0 radical (unpaired) electrons. The third kappa shape index (κ3) is 2.90. The van der Waals surface area contributed by atoms with Crippen molar-refractivity contribution in [3.8, 4) is 0 Å². The largest absolute Gasteiger partial charge is 0.316 e. The minimum atomic E-state index is 0.256. The number of nitrogens with zero attached hydrogens (tertiary/aromatic N) is 1. The van der Waals surface area contributed by atoms with Crippen LogP contribution in [0, 0.1) is 0 Å². The van der Waals surface area contributed by atoms with Crippen molar-refractivity contribution in [2.75, 3.05) is 26.7 Å². The summed E-state index contributed by atoms with van der Waals surface area (Å²) in [6.45, 7) is 2.61. The van der Waals surface area contributed by atoms with Crippen LogP contribution in [-0.4, -0.2) is 43.4 Å². The molecule has 2 heterocycles. The van der Waals surface area contributed by atoms with Crippen LogP contribution in [0.25, 0.3) is 0 Å². The number of carbonyl (C=O) groups is 1. The highest BCUT2D eigenvalue weighted by atomic mass is 32.1. The van der Waals surface area contributed by atoms with Gasteiger partial charge in [0, 0.05) is 12.6 Å². The highest BCUT2D eigenvalue weighted by molar-refractivity contribution is 7.12. The molecule has 1 fully saturated rings. The molecule has 4 heteroatoms. The highest BCUT2D eigenvalue weighted by Gasteiger charge is 2.20. The Morgan fingerprint density at radius 3 is 3.25 bits per heavy atom. The summed E-state index contributed by atoms with van der Waals surface area (Å²) < 4.78 is 0. The molecule has 1 aliphatic rings. The van der Waals surface area contributed by atoms with Gasteiger partial charge in [0.05, 0.1) is 11.4 Å². The Morgan fingerprint density at radius 2 is 2.56 bits per heavy atom. The molecule has 2 rings (SSSR count). The van der Waals surface area contributed by atoms with Gasteiger partial charge >= 0.3 is 0 Å². The first-order valence-electron chi connectivity index (χ1n) is 5.76. The van der Waals surface area contributed by atoms with E-state index in [1.807, 2.05) is 24.6 Å². The first-order chi connectivity index (χ1) is 7.79. The fourth-order valence-corrected chi connectivity index (χ4v) is 2.81. The smallest absolute Gasteiger partial charge is 0.186 e. The van der Waals surface area contributed by atoms with E-state index in [0.29, 0.717) is 12.6 Å². The summed E-state index contributed by atoms with van der Waals surface area (Å²) in [4.78, 5) is 15.1. The molecule has 0 aliphatic carbocycles. The van der Waals surface area contributed by atoms with Crippen LogP contribution in [-0.2, 0) is 0 Å². The number of thiophene rings is 1. The predicted octanol–water partition coefficient (Wildman–Crippen LogP) is 1.61. The van der Waals surface area contributed by atoms with Crippen molar-refractivity contribution in [2.45, 2.75) is 18.9 Å². The van der Waals surface area contributed by atoms with Gasteiger partial charge in [-0.2, -0.15) is 0 Å². The first kappa shape index (κ1) is 11.8.